The van der Waals surface area contributed by atoms with Gasteiger partial charge < -0.3 is 4.90 Å². The van der Waals surface area contributed by atoms with Gasteiger partial charge in [0.2, 0.25) is 5.91 Å². The number of nitro benzene ring substituents is 1. The standard InChI is InChI=1S/C19H18FN3O3/c1-19(2,3)22-16-9-8-12(23(25)26)10-14(16)18(21-11-17(22)24)13-6-4-5-7-15(13)20/h4-10H,11H2,1-3H3. The summed E-state index contributed by atoms with van der Waals surface area (Å²) in [5.41, 5.74) is 0.579. The fourth-order valence-electron chi connectivity index (χ4n) is 3.08. The van der Waals surface area contributed by atoms with Gasteiger partial charge in [-0.3, -0.25) is 19.9 Å². The molecule has 0 spiro atoms. The number of halogens is 1. The van der Waals surface area contributed by atoms with Crippen LogP contribution in [0.1, 0.15) is 31.9 Å². The van der Waals surface area contributed by atoms with Gasteiger partial charge in [-0.15, -0.1) is 0 Å². The third-order valence-corrected chi connectivity index (χ3v) is 4.11. The van der Waals surface area contributed by atoms with E-state index in [1.165, 1.54) is 24.3 Å². The minimum atomic E-state index is -0.567. The molecule has 6 nitrogen and oxygen atoms in total. The summed E-state index contributed by atoms with van der Waals surface area (Å²) in [7, 11) is 0. The Morgan fingerprint density at radius 2 is 1.85 bits per heavy atom. The molecule has 0 bridgehead atoms. The molecule has 1 amide bonds. The van der Waals surface area contributed by atoms with E-state index in [1.807, 2.05) is 20.8 Å². The number of hydrogen-bond donors (Lipinski definition) is 0. The highest BCUT2D eigenvalue weighted by Gasteiger charge is 2.34. The molecule has 1 aliphatic heterocycles. The van der Waals surface area contributed by atoms with E-state index in [0.717, 1.165) is 0 Å². The summed E-state index contributed by atoms with van der Waals surface area (Å²) in [6, 6.07) is 10.3. The average molecular weight is 355 g/mol. The molecule has 0 fully saturated rings. The maximum atomic E-state index is 14.4. The van der Waals surface area contributed by atoms with Crippen molar-refractivity contribution in [2.75, 3.05) is 11.4 Å². The first-order valence-corrected chi connectivity index (χ1v) is 8.11. The SMILES string of the molecule is CC(C)(C)N1C(=O)CN=C(c2ccccc2F)c2cc([N+](=O)[O-])ccc21. The summed E-state index contributed by atoms with van der Waals surface area (Å²) in [6.07, 6.45) is 0. The normalized spacial score (nSPS) is 14.5. The smallest absolute Gasteiger partial charge is 0.270 e. The van der Waals surface area contributed by atoms with Gasteiger partial charge in [-0.25, -0.2) is 4.39 Å². The van der Waals surface area contributed by atoms with Gasteiger partial charge in [0.25, 0.3) is 5.69 Å². The van der Waals surface area contributed by atoms with Crippen molar-refractivity contribution in [3.63, 3.8) is 0 Å². The molecular weight excluding hydrogens is 337 g/mol. The number of nitro groups is 1. The zero-order valence-electron chi connectivity index (χ0n) is 14.7. The van der Waals surface area contributed by atoms with Crippen LogP contribution in [-0.2, 0) is 4.79 Å². The van der Waals surface area contributed by atoms with Crippen LogP contribution in [0.15, 0.2) is 47.5 Å². The van der Waals surface area contributed by atoms with E-state index in [1.54, 1.807) is 23.1 Å². The van der Waals surface area contributed by atoms with Gasteiger partial charge in [-0.2, -0.15) is 0 Å². The molecule has 1 aliphatic rings. The van der Waals surface area contributed by atoms with Crippen molar-refractivity contribution in [2.45, 2.75) is 26.3 Å². The Morgan fingerprint density at radius 3 is 2.46 bits per heavy atom. The van der Waals surface area contributed by atoms with Crippen LogP contribution in [0.5, 0.6) is 0 Å². The number of anilines is 1. The molecule has 0 aliphatic carbocycles. The van der Waals surface area contributed by atoms with Crippen LogP contribution in [0.25, 0.3) is 0 Å². The van der Waals surface area contributed by atoms with E-state index >= 15 is 0 Å². The molecule has 0 saturated carbocycles. The third kappa shape index (κ3) is 3.08. The summed E-state index contributed by atoms with van der Waals surface area (Å²) in [5, 5.41) is 11.2. The van der Waals surface area contributed by atoms with Crippen LogP contribution >= 0.6 is 0 Å². The molecule has 7 heteroatoms. The first-order valence-electron chi connectivity index (χ1n) is 8.11. The molecule has 2 aromatic carbocycles. The molecule has 0 radical (unpaired) electrons. The molecule has 26 heavy (non-hydrogen) atoms. The summed E-state index contributed by atoms with van der Waals surface area (Å²) in [5.74, 6) is -0.751. The van der Waals surface area contributed by atoms with Crippen LogP contribution in [0, 0.1) is 15.9 Å². The van der Waals surface area contributed by atoms with E-state index in [9.17, 15) is 19.3 Å². The maximum absolute atomic E-state index is 14.4. The Hall–Kier alpha value is -3.09. The lowest BCUT2D eigenvalue weighted by molar-refractivity contribution is -0.384. The molecule has 2 aromatic rings. The average Bonchev–Trinajstić information content (AvgIpc) is 2.70. The number of rotatable bonds is 2. The molecule has 134 valence electrons. The summed E-state index contributed by atoms with van der Waals surface area (Å²) in [6.45, 7) is 5.43. The zero-order chi connectivity index (χ0) is 19.1. The Labute approximate surface area is 150 Å². The van der Waals surface area contributed by atoms with E-state index in [0.29, 0.717) is 11.3 Å². The second-order valence-electron chi connectivity index (χ2n) is 7.00. The number of carbonyl (C=O) groups is 1. The topological polar surface area (TPSA) is 75.8 Å². The van der Waals surface area contributed by atoms with E-state index < -0.39 is 16.3 Å². The lowest BCUT2D eigenvalue weighted by Gasteiger charge is -2.35. The number of hydrogen-bond acceptors (Lipinski definition) is 4. The number of aliphatic imine (C=N–C) groups is 1. The molecule has 1 heterocycles. The van der Waals surface area contributed by atoms with Gasteiger partial charge in [0.15, 0.2) is 0 Å². The van der Waals surface area contributed by atoms with Crippen molar-refractivity contribution in [3.05, 3.63) is 69.5 Å². The van der Waals surface area contributed by atoms with Crippen molar-refractivity contribution in [1.29, 1.82) is 0 Å². The van der Waals surface area contributed by atoms with Gasteiger partial charge in [0.1, 0.15) is 12.4 Å². The molecule has 0 N–H and O–H groups in total. The summed E-state index contributed by atoms with van der Waals surface area (Å²) < 4.78 is 14.4. The Kier molecular flexibility index (Phi) is 4.31. The molecule has 0 saturated heterocycles. The third-order valence-electron chi connectivity index (χ3n) is 4.11. The fourth-order valence-corrected chi connectivity index (χ4v) is 3.08. The van der Waals surface area contributed by atoms with Crippen molar-refractivity contribution in [2.24, 2.45) is 4.99 Å². The van der Waals surface area contributed by atoms with Crippen LogP contribution < -0.4 is 4.90 Å². The first kappa shape index (κ1) is 17.7. The summed E-state index contributed by atoms with van der Waals surface area (Å²) in [4.78, 5) is 29.3. The predicted octanol–water partition coefficient (Wildman–Crippen LogP) is 3.72. The second-order valence-corrected chi connectivity index (χ2v) is 7.00. The van der Waals surface area contributed by atoms with Gasteiger partial charge in [-0.1, -0.05) is 12.1 Å². The lowest BCUT2D eigenvalue weighted by Crippen LogP contribution is -2.47. The van der Waals surface area contributed by atoms with Crippen LogP contribution in [0.2, 0.25) is 0 Å². The van der Waals surface area contributed by atoms with Crippen LogP contribution in [0.3, 0.4) is 0 Å². The number of nitrogens with zero attached hydrogens (tertiary/aromatic N) is 3. The molecule has 0 atom stereocenters. The largest absolute Gasteiger partial charge is 0.305 e. The van der Waals surface area contributed by atoms with E-state index in [2.05, 4.69) is 4.99 Å². The first-order chi connectivity index (χ1) is 12.2. The number of benzodiazepines with no additional fused rings is 1. The Balaban J connectivity index is 2.31. The number of amides is 1. The number of carbonyl (C=O) groups excluding carboxylic acids is 1. The monoisotopic (exact) mass is 355 g/mol. The van der Waals surface area contributed by atoms with Gasteiger partial charge >= 0.3 is 0 Å². The lowest BCUT2D eigenvalue weighted by atomic mass is 9.96. The van der Waals surface area contributed by atoms with Crippen molar-refractivity contribution < 1.29 is 14.1 Å². The number of benzene rings is 2. The van der Waals surface area contributed by atoms with E-state index in [4.69, 9.17) is 0 Å². The van der Waals surface area contributed by atoms with Crippen molar-refractivity contribution in [3.8, 4) is 0 Å². The quantitative estimate of drug-likeness (QED) is 0.609. The van der Waals surface area contributed by atoms with Gasteiger partial charge in [-0.05, 0) is 39.0 Å². The van der Waals surface area contributed by atoms with Crippen molar-refractivity contribution in [1.82, 2.24) is 0 Å². The van der Waals surface area contributed by atoms with Crippen LogP contribution in [0.4, 0.5) is 15.8 Å². The van der Waals surface area contributed by atoms with Crippen LogP contribution in [-0.4, -0.2) is 28.6 Å². The predicted molar refractivity (Wildman–Crippen MR) is 97.2 cm³/mol. The van der Waals surface area contributed by atoms with Crippen molar-refractivity contribution >= 4 is 23.0 Å². The Bertz CT molecular complexity index is 932. The minimum Gasteiger partial charge on any atom is -0.305 e. The molecule has 0 aromatic heterocycles. The highest BCUT2D eigenvalue weighted by molar-refractivity contribution is 6.20. The molecule has 3 rings (SSSR count). The minimum absolute atomic E-state index is 0.143. The number of non-ortho nitro benzene ring substituents is 1. The van der Waals surface area contributed by atoms with Gasteiger partial charge in [0, 0.05) is 28.8 Å². The highest BCUT2D eigenvalue weighted by Crippen LogP contribution is 2.34. The highest BCUT2D eigenvalue weighted by atomic mass is 19.1. The maximum Gasteiger partial charge on any atom is 0.270 e. The fraction of sp³-hybridized carbons (Fsp3) is 0.263. The van der Waals surface area contributed by atoms with Gasteiger partial charge in [0.05, 0.1) is 16.3 Å². The zero-order valence-corrected chi connectivity index (χ0v) is 14.7. The number of fused-ring (bicyclic) bond motifs is 1. The molecule has 0 unspecified atom stereocenters. The van der Waals surface area contributed by atoms with E-state index in [-0.39, 0.29) is 29.4 Å². The Morgan fingerprint density at radius 1 is 1.15 bits per heavy atom. The molecular formula is C19H18FN3O3. The second kappa shape index (κ2) is 6.33. The summed E-state index contributed by atoms with van der Waals surface area (Å²) >= 11 is 0.